The molecule has 0 heterocycles. The van der Waals surface area contributed by atoms with Crippen molar-refractivity contribution < 1.29 is 9.59 Å². The molecule has 0 aliphatic rings. The van der Waals surface area contributed by atoms with Gasteiger partial charge < -0.3 is 16.4 Å². The van der Waals surface area contributed by atoms with Crippen LogP contribution in [0.5, 0.6) is 0 Å². The first-order chi connectivity index (χ1) is 8.16. The zero-order valence-corrected chi connectivity index (χ0v) is 10.8. The second-order valence-electron chi connectivity index (χ2n) is 4.14. The zero-order chi connectivity index (χ0) is 12.9. The van der Waals surface area contributed by atoms with Crippen LogP contribution in [0.4, 0.5) is 0 Å². The Morgan fingerprint density at radius 2 is 1.59 bits per heavy atom. The topological polar surface area (TPSA) is 84.2 Å². The Bertz CT molecular complexity index is 220. The number of nitrogens with one attached hydrogen (secondary N) is 2. The molecule has 5 nitrogen and oxygen atoms in total. The third kappa shape index (κ3) is 12.8. The van der Waals surface area contributed by atoms with Gasteiger partial charge in [0.1, 0.15) is 0 Å². The minimum absolute atomic E-state index is 0.0313. The summed E-state index contributed by atoms with van der Waals surface area (Å²) in [6, 6.07) is 0. The highest BCUT2D eigenvalue weighted by Crippen LogP contribution is 2.01. The Balaban J connectivity index is 3.20. The minimum atomic E-state index is -0.0313. The normalized spacial score (nSPS) is 10.0. The van der Waals surface area contributed by atoms with E-state index in [-0.39, 0.29) is 11.8 Å². The van der Waals surface area contributed by atoms with Crippen molar-refractivity contribution in [2.75, 3.05) is 19.6 Å². The number of hydrogen-bond acceptors (Lipinski definition) is 3. The van der Waals surface area contributed by atoms with Gasteiger partial charge in [-0.15, -0.1) is 0 Å². The molecule has 0 radical (unpaired) electrons. The van der Waals surface area contributed by atoms with Crippen LogP contribution in [0.2, 0.25) is 0 Å². The van der Waals surface area contributed by atoms with Gasteiger partial charge in [-0.25, -0.2) is 0 Å². The van der Waals surface area contributed by atoms with Gasteiger partial charge in [0.25, 0.3) is 0 Å². The van der Waals surface area contributed by atoms with Crippen LogP contribution in [0.25, 0.3) is 0 Å². The molecule has 2 amide bonds. The average molecular weight is 243 g/mol. The molecule has 0 aliphatic heterocycles. The van der Waals surface area contributed by atoms with E-state index in [9.17, 15) is 9.59 Å². The van der Waals surface area contributed by atoms with Crippen LogP contribution in [-0.4, -0.2) is 31.4 Å². The summed E-state index contributed by atoms with van der Waals surface area (Å²) >= 11 is 0. The average Bonchev–Trinajstić information content (AvgIpc) is 2.28. The molecule has 0 atom stereocenters. The second kappa shape index (κ2) is 11.4. The molecule has 17 heavy (non-hydrogen) atoms. The molecule has 0 aliphatic carbocycles. The van der Waals surface area contributed by atoms with Gasteiger partial charge in [-0.3, -0.25) is 9.59 Å². The largest absolute Gasteiger partial charge is 0.356 e. The lowest BCUT2D eigenvalue weighted by Gasteiger charge is -2.05. The molecule has 0 aromatic carbocycles. The molecular weight excluding hydrogens is 218 g/mol. The van der Waals surface area contributed by atoms with Crippen molar-refractivity contribution in [3.8, 4) is 0 Å². The maximum absolute atomic E-state index is 11.3. The van der Waals surface area contributed by atoms with E-state index in [1.807, 2.05) is 0 Å². The van der Waals surface area contributed by atoms with Gasteiger partial charge in [-0.05, 0) is 25.8 Å². The van der Waals surface area contributed by atoms with E-state index >= 15 is 0 Å². The molecule has 0 rings (SSSR count). The Morgan fingerprint density at radius 3 is 2.24 bits per heavy atom. The predicted octanol–water partition coefficient (Wildman–Crippen LogP) is 0.538. The summed E-state index contributed by atoms with van der Waals surface area (Å²) in [5.74, 6) is 0.0665. The first-order valence-corrected chi connectivity index (χ1v) is 6.38. The molecule has 0 saturated carbocycles. The lowest BCUT2D eigenvalue weighted by Crippen LogP contribution is -2.28. The summed E-state index contributed by atoms with van der Waals surface area (Å²) < 4.78 is 0. The van der Waals surface area contributed by atoms with E-state index in [4.69, 9.17) is 5.73 Å². The molecular formula is C12H25N3O2. The number of amides is 2. The number of hydrogen-bond donors (Lipinski definition) is 3. The fourth-order valence-corrected chi connectivity index (χ4v) is 1.45. The minimum Gasteiger partial charge on any atom is -0.356 e. The molecule has 0 spiro atoms. The van der Waals surface area contributed by atoms with Crippen LogP contribution >= 0.6 is 0 Å². The fraction of sp³-hybridized carbons (Fsp3) is 0.833. The Labute approximate surface area is 104 Å². The predicted molar refractivity (Wildman–Crippen MR) is 68.4 cm³/mol. The summed E-state index contributed by atoms with van der Waals surface area (Å²) in [5.41, 5.74) is 5.38. The van der Waals surface area contributed by atoms with Crippen molar-refractivity contribution in [3.63, 3.8) is 0 Å². The van der Waals surface area contributed by atoms with Gasteiger partial charge in [0.05, 0.1) is 0 Å². The molecule has 0 aromatic rings. The molecule has 0 aromatic heterocycles. The summed E-state index contributed by atoms with van der Waals surface area (Å²) in [6.07, 6.45) is 5.50. The first-order valence-electron chi connectivity index (χ1n) is 6.38. The Kier molecular flexibility index (Phi) is 10.7. The van der Waals surface area contributed by atoms with Crippen molar-refractivity contribution in [1.29, 1.82) is 0 Å². The van der Waals surface area contributed by atoms with E-state index in [2.05, 4.69) is 10.6 Å². The second-order valence-corrected chi connectivity index (χ2v) is 4.14. The molecule has 4 N–H and O–H groups in total. The number of nitrogens with two attached hydrogens (primary N) is 1. The van der Waals surface area contributed by atoms with Gasteiger partial charge in [0.15, 0.2) is 0 Å². The lowest BCUT2D eigenvalue weighted by atomic mass is 10.1. The van der Waals surface area contributed by atoms with E-state index in [1.165, 1.54) is 6.92 Å². The molecule has 0 fully saturated rings. The molecule has 0 saturated heterocycles. The van der Waals surface area contributed by atoms with Gasteiger partial charge in [0, 0.05) is 26.4 Å². The lowest BCUT2D eigenvalue weighted by molar-refractivity contribution is -0.121. The van der Waals surface area contributed by atoms with Crippen molar-refractivity contribution in [2.45, 2.75) is 45.4 Å². The summed E-state index contributed by atoms with van der Waals surface area (Å²) in [6.45, 7) is 3.46. The summed E-state index contributed by atoms with van der Waals surface area (Å²) in [5, 5.41) is 5.52. The maximum Gasteiger partial charge on any atom is 0.219 e. The third-order valence-corrected chi connectivity index (χ3v) is 2.41. The van der Waals surface area contributed by atoms with Crippen LogP contribution < -0.4 is 16.4 Å². The third-order valence-electron chi connectivity index (χ3n) is 2.41. The molecule has 5 heteroatoms. The Hall–Kier alpha value is -1.10. The maximum atomic E-state index is 11.3. The van der Waals surface area contributed by atoms with Crippen molar-refractivity contribution >= 4 is 11.8 Å². The summed E-state index contributed by atoms with van der Waals surface area (Å²) in [7, 11) is 0. The Morgan fingerprint density at radius 1 is 0.941 bits per heavy atom. The van der Waals surface area contributed by atoms with Gasteiger partial charge in [-0.1, -0.05) is 12.8 Å². The monoisotopic (exact) mass is 243 g/mol. The van der Waals surface area contributed by atoms with Crippen LogP contribution in [0, 0.1) is 0 Å². The quantitative estimate of drug-likeness (QED) is 0.490. The van der Waals surface area contributed by atoms with Crippen LogP contribution in [0.15, 0.2) is 0 Å². The standard InChI is InChI=1S/C12H25N3O2/c1-11(16)14-9-6-10-15-12(17)7-4-2-3-5-8-13/h2-10,13H2,1H3,(H,14,16)(H,15,17). The highest BCUT2D eigenvalue weighted by Gasteiger charge is 2.00. The first kappa shape index (κ1) is 15.9. The van der Waals surface area contributed by atoms with Crippen molar-refractivity contribution in [1.82, 2.24) is 10.6 Å². The van der Waals surface area contributed by atoms with Gasteiger partial charge >= 0.3 is 0 Å². The fourth-order valence-electron chi connectivity index (χ4n) is 1.45. The molecule has 0 bridgehead atoms. The van der Waals surface area contributed by atoms with Crippen LogP contribution in [0.3, 0.4) is 0 Å². The number of unbranched alkanes of at least 4 members (excludes halogenated alkanes) is 3. The van der Waals surface area contributed by atoms with Crippen LogP contribution in [0.1, 0.15) is 45.4 Å². The van der Waals surface area contributed by atoms with Crippen molar-refractivity contribution in [3.05, 3.63) is 0 Å². The van der Waals surface area contributed by atoms with Gasteiger partial charge in [-0.2, -0.15) is 0 Å². The molecule has 0 unspecified atom stereocenters. The summed E-state index contributed by atoms with van der Waals surface area (Å²) in [4.78, 5) is 21.9. The number of carbonyl (C=O) groups is 2. The molecule has 100 valence electrons. The van der Waals surface area contributed by atoms with E-state index in [0.717, 1.165) is 38.6 Å². The highest BCUT2D eigenvalue weighted by atomic mass is 16.2. The van der Waals surface area contributed by atoms with E-state index in [0.29, 0.717) is 19.5 Å². The zero-order valence-electron chi connectivity index (χ0n) is 10.8. The van der Waals surface area contributed by atoms with Gasteiger partial charge in [0.2, 0.25) is 11.8 Å². The van der Waals surface area contributed by atoms with E-state index < -0.39 is 0 Å². The van der Waals surface area contributed by atoms with Crippen LogP contribution in [-0.2, 0) is 9.59 Å². The number of carbonyl (C=O) groups excluding carboxylic acids is 2. The highest BCUT2D eigenvalue weighted by molar-refractivity contribution is 5.75. The van der Waals surface area contributed by atoms with Crippen molar-refractivity contribution in [2.24, 2.45) is 5.73 Å². The SMILES string of the molecule is CC(=O)NCCCNC(=O)CCCCCCN. The van der Waals surface area contributed by atoms with E-state index in [1.54, 1.807) is 0 Å². The number of rotatable bonds is 10. The smallest absolute Gasteiger partial charge is 0.219 e.